The molecule has 0 aromatic heterocycles. The maximum absolute atomic E-state index is 2.31. The number of hydrogen-bond acceptors (Lipinski definition) is 0. The van der Waals surface area contributed by atoms with Gasteiger partial charge in [0.05, 0.1) is 0 Å². The molecule has 0 heteroatoms. The Morgan fingerprint density at radius 3 is 2.62 bits per heavy atom. The smallest absolute Gasteiger partial charge is 0.00992 e. The first-order chi connectivity index (χ1) is 3.86. The van der Waals surface area contributed by atoms with E-state index in [1.54, 1.807) is 11.1 Å². The van der Waals surface area contributed by atoms with Gasteiger partial charge < -0.3 is 0 Å². The second-order valence-corrected chi connectivity index (χ2v) is 2.85. The number of allylic oxidation sites excluding steroid dienone is 4. The molecule has 0 nitrogen and oxygen atoms in total. The van der Waals surface area contributed by atoms with Crippen LogP contribution in [0, 0.1) is 5.92 Å². The molecule has 0 aliphatic heterocycles. The molecule has 2 bridgehead atoms. The van der Waals surface area contributed by atoms with Crippen LogP contribution in [0.15, 0.2) is 23.3 Å². The van der Waals surface area contributed by atoms with Crippen molar-refractivity contribution in [2.75, 3.05) is 0 Å². The van der Waals surface area contributed by atoms with E-state index in [1.807, 2.05) is 0 Å². The molecule has 0 spiro atoms. The molecular weight excluding hydrogens is 96.1 g/mol. The van der Waals surface area contributed by atoms with Gasteiger partial charge in [0.15, 0.2) is 0 Å². The lowest BCUT2D eigenvalue weighted by Gasteiger charge is -2.02. The van der Waals surface area contributed by atoms with E-state index in [9.17, 15) is 0 Å². The normalized spacial score (nSPS) is 32.9. The highest BCUT2D eigenvalue weighted by Crippen LogP contribution is 2.39. The summed E-state index contributed by atoms with van der Waals surface area (Å²) >= 11 is 0. The third-order valence-corrected chi connectivity index (χ3v) is 2.17. The van der Waals surface area contributed by atoms with E-state index in [4.69, 9.17) is 0 Å². The minimum atomic E-state index is 0.870. The van der Waals surface area contributed by atoms with E-state index in [1.165, 1.54) is 12.8 Å². The number of hydrogen-bond donors (Lipinski definition) is 0. The van der Waals surface area contributed by atoms with E-state index in [0.29, 0.717) is 0 Å². The van der Waals surface area contributed by atoms with E-state index in [0.717, 1.165) is 5.92 Å². The van der Waals surface area contributed by atoms with Crippen molar-refractivity contribution in [1.29, 1.82) is 0 Å². The van der Waals surface area contributed by atoms with Crippen molar-refractivity contribution in [3.8, 4) is 0 Å². The first kappa shape index (κ1) is 4.37. The van der Waals surface area contributed by atoms with E-state index in [-0.39, 0.29) is 0 Å². The zero-order valence-corrected chi connectivity index (χ0v) is 5.15. The maximum atomic E-state index is 2.31. The Balaban J connectivity index is 2.37. The Kier molecular flexibility index (Phi) is 0.682. The van der Waals surface area contributed by atoms with Crippen LogP contribution in [-0.2, 0) is 0 Å². The van der Waals surface area contributed by atoms with Crippen LogP contribution in [0.5, 0.6) is 0 Å². The lowest BCUT2D eigenvalue weighted by molar-refractivity contribution is 0.731. The molecule has 2 aliphatic rings. The van der Waals surface area contributed by atoms with Crippen LogP contribution < -0.4 is 0 Å². The Morgan fingerprint density at radius 1 is 1.50 bits per heavy atom. The Bertz CT molecular complexity index is 172. The van der Waals surface area contributed by atoms with Gasteiger partial charge in [-0.15, -0.1) is 0 Å². The standard InChI is InChI=1S/C8H10/c1-6-4-7-2-3-8(6)5-7/h2-3,6H,4-5H2,1H3. The fraction of sp³-hybridized carbons (Fsp3) is 0.500. The summed E-state index contributed by atoms with van der Waals surface area (Å²) in [6, 6.07) is 0. The molecule has 1 saturated carbocycles. The van der Waals surface area contributed by atoms with Gasteiger partial charge in [-0.25, -0.2) is 0 Å². The summed E-state index contributed by atoms with van der Waals surface area (Å²) < 4.78 is 0. The molecule has 1 atom stereocenters. The van der Waals surface area contributed by atoms with Gasteiger partial charge in [0.1, 0.15) is 0 Å². The molecule has 42 valence electrons. The zero-order chi connectivity index (χ0) is 5.56. The summed E-state index contributed by atoms with van der Waals surface area (Å²) in [5, 5.41) is 0. The summed E-state index contributed by atoms with van der Waals surface area (Å²) in [4.78, 5) is 0. The SMILES string of the molecule is CC1CC2=CC=C1C2. The molecule has 1 unspecified atom stereocenters. The Morgan fingerprint density at radius 2 is 2.38 bits per heavy atom. The second-order valence-electron chi connectivity index (χ2n) is 2.85. The third-order valence-electron chi connectivity index (χ3n) is 2.17. The lowest BCUT2D eigenvalue weighted by Crippen LogP contribution is -1.88. The highest BCUT2D eigenvalue weighted by atomic mass is 14.3. The van der Waals surface area contributed by atoms with Gasteiger partial charge in [-0.1, -0.05) is 30.2 Å². The molecular formula is C8H10. The van der Waals surface area contributed by atoms with Gasteiger partial charge in [-0.3, -0.25) is 0 Å². The number of fused-ring (bicyclic) bond motifs is 2. The summed E-state index contributed by atoms with van der Waals surface area (Å²) in [6.07, 6.45) is 7.19. The second kappa shape index (κ2) is 1.25. The molecule has 0 radical (unpaired) electrons. The van der Waals surface area contributed by atoms with Gasteiger partial charge in [0.25, 0.3) is 0 Å². The lowest BCUT2D eigenvalue weighted by atomic mass is 10.0. The van der Waals surface area contributed by atoms with Crippen molar-refractivity contribution in [1.82, 2.24) is 0 Å². The van der Waals surface area contributed by atoms with Crippen LogP contribution in [0.1, 0.15) is 19.8 Å². The molecule has 2 aliphatic carbocycles. The first-order valence-corrected chi connectivity index (χ1v) is 3.25. The topological polar surface area (TPSA) is 0 Å². The average Bonchev–Trinajstić information content (AvgIpc) is 2.23. The molecule has 0 aromatic rings. The van der Waals surface area contributed by atoms with Crippen molar-refractivity contribution >= 4 is 0 Å². The van der Waals surface area contributed by atoms with Crippen molar-refractivity contribution in [3.63, 3.8) is 0 Å². The third kappa shape index (κ3) is 0.405. The predicted octanol–water partition coefficient (Wildman–Crippen LogP) is 2.28. The summed E-state index contributed by atoms with van der Waals surface area (Å²) in [7, 11) is 0. The van der Waals surface area contributed by atoms with Gasteiger partial charge in [0, 0.05) is 0 Å². The monoisotopic (exact) mass is 106 g/mol. The average molecular weight is 106 g/mol. The van der Waals surface area contributed by atoms with Gasteiger partial charge in [0.2, 0.25) is 0 Å². The van der Waals surface area contributed by atoms with Crippen LogP contribution in [0.4, 0.5) is 0 Å². The Labute approximate surface area is 49.9 Å². The fourth-order valence-electron chi connectivity index (χ4n) is 1.61. The van der Waals surface area contributed by atoms with Crippen LogP contribution in [0.2, 0.25) is 0 Å². The van der Waals surface area contributed by atoms with Crippen molar-refractivity contribution in [3.05, 3.63) is 23.3 Å². The molecule has 0 N–H and O–H groups in total. The van der Waals surface area contributed by atoms with Gasteiger partial charge in [-0.2, -0.15) is 0 Å². The Hall–Kier alpha value is -0.520. The van der Waals surface area contributed by atoms with Crippen molar-refractivity contribution in [2.24, 2.45) is 5.92 Å². The van der Waals surface area contributed by atoms with Crippen LogP contribution in [0.25, 0.3) is 0 Å². The maximum Gasteiger partial charge on any atom is -0.00992 e. The van der Waals surface area contributed by atoms with Crippen molar-refractivity contribution < 1.29 is 0 Å². The predicted molar refractivity (Wildman–Crippen MR) is 34.6 cm³/mol. The molecule has 1 fully saturated rings. The zero-order valence-electron chi connectivity index (χ0n) is 5.15. The molecule has 0 amide bonds. The van der Waals surface area contributed by atoms with Crippen molar-refractivity contribution in [2.45, 2.75) is 19.8 Å². The highest BCUT2D eigenvalue weighted by Gasteiger charge is 2.22. The first-order valence-electron chi connectivity index (χ1n) is 3.25. The molecule has 0 heterocycles. The largest absolute Gasteiger partial charge is 0.0656 e. The molecule has 0 saturated heterocycles. The minimum absolute atomic E-state index is 0.870. The van der Waals surface area contributed by atoms with Gasteiger partial charge in [-0.05, 0) is 18.8 Å². The van der Waals surface area contributed by atoms with Crippen LogP contribution in [-0.4, -0.2) is 0 Å². The quantitative estimate of drug-likeness (QED) is 0.444. The fourth-order valence-corrected chi connectivity index (χ4v) is 1.61. The molecule has 8 heavy (non-hydrogen) atoms. The summed E-state index contributed by atoms with van der Waals surface area (Å²) in [5.41, 5.74) is 3.30. The van der Waals surface area contributed by atoms with Gasteiger partial charge >= 0.3 is 0 Å². The van der Waals surface area contributed by atoms with Crippen LogP contribution in [0.3, 0.4) is 0 Å². The van der Waals surface area contributed by atoms with Crippen LogP contribution >= 0.6 is 0 Å². The number of rotatable bonds is 0. The highest BCUT2D eigenvalue weighted by molar-refractivity contribution is 5.38. The van der Waals surface area contributed by atoms with E-state index in [2.05, 4.69) is 19.1 Å². The summed E-state index contributed by atoms with van der Waals surface area (Å²) in [6.45, 7) is 2.31. The summed E-state index contributed by atoms with van der Waals surface area (Å²) in [5.74, 6) is 0.870. The minimum Gasteiger partial charge on any atom is -0.0656 e. The van der Waals surface area contributed by atoms with E-state index >= 15 is 0 Å². The molecule has 2 rings (SSSR count). The van der Waals surface area contributed by atoms with E-state index < -0.39 is 0 Å². The molecule has 0 aromatic carbocycles.